The maximum Gasteiger partial charge on any atom is 0.271 e. The Morgan fingerprint density at radius 2 is 2.09 bits per heavy atom. The molecule has 0 aliphatic rings. The molecule has 1 aromatic heterocycles. The molecule has 23 heavy (non-hydrogen) atoms. The monoisotopic (exact) mass is 342 g/mol. The van der Waals surface area contributed by atoms with Crippen molar-refractivity contribution in [2.75, 3.05) is 16.8 Å². The van der Waals surface area contributed by atoms with Crippen molar-refractivity contribution in [3.8, 4) is 5.75 Å². The number of benzene rings is 1. The average molecular weight is 343 g/mol. The SMILES string of the molecule is CC(C)n1nc(CNc2cc([N+](=O)[O-])ccc2O)c(N)c1N.Cl. The first-order valence-corrected chi connectivity index (χ1v) is 6.64. The number of nitro benzene ring substituents is 1. The van der Waals surface area contributed by atoms with Crippen LogP contribution in [0.1, 0.15) is 25.6 Å². The van der Waals surface area contributed by atoms with Crippen molar-refractivity contribution in [1.29, 1.82) is 0 Å². The zero-order valence-electron chi connectivity index (χ0n) is 12.7. The third kappa shape index (κ3) is 3.75. The Morgan fingerprint density at radius 1 is 1.43 bits per heavy atom. The summed E-state index contributed by atoms with van der Waals surface area (Å²) in [6.07, 6.45) is 0. The summed E-state index contributed by atoms with van der Waals surface area (Å²) in [6.45, 7) is 4.03. The van der Waals surface area contributed by atoms with Crippen molar-refractivity contribution in [3.05, 3.63) is 34.0 Å². The van der Waals surface area contributed by atoms with E-state index in [1.165, 1.54) is 18.2 Å². The van der Waals surface area contributed by atoms with Gasteiger partial charge in [-0.2, -0.15) is 5.10 Å². The van der Waals surface area contributed by atoms with Gasteiger partial charge in [0.05, 0.1) is 22.8 Å². The van der Waals surface area contributed by atoms with E-state index in [1.807, 2.05) is 13.8 Å². The van der Waals surface area contributed by atoms with E-state index in [9.17, 15) is 15.2 Å². The standard InChI is InChI=1S/C13H18N6O3.ClH/c1-7(2)18-13(15)12(14)10(17-18)6-16-9-5-8(19(21)22)3-4-11(9)20;/h3-5,7,16,20H,6,14-15H2,1-2H3;1H. The summed E-state index contributed by atoms with van der Waals surface area (Å²) < 4.78 is 1.60. The molecule has 1 heterocycles. The number of halogens is 1. The molecule has 10 heteroatoms. The van der Waals surface area contributed by atoms with E-state index in [4.69, 9.17) is 11.5 Å². The van der Waals surface area contributed by atoms with Crippen LogP contribution in [0.4, 0.5) is 22.9 Å². The third-order valence-corrected chi connectivity index (χ3v) is 3.19. The first-order chi connectivity index (χ1) is 10.3. The van der Waals surface area contributed by atoms with Crippen LogP contribution in [0.15, 0.2) is 18.2 Å². The Morgan fingerprint density at radius 3 is 2.61 bits per heavy atom. The molecule has 0 aliphatic carbocycles. The largest absolute Gasteiger partial charge is 0.506 e. The molecule has 0 aliphatic heterocycles. The molecular formula is C13H19ClN6O3. The number of nitrogens with one attached hydrogen (secondary N) is 1. The molecule has 0 amide bonds. The van der Waals surface area contributed by atoms with Gasteiger partial charge in [-0.05, 0) is 19.9 Å². The first-order valence-electron chi connectivity index (χ1n) is 6.64. The molecule has 0 fully saturated rings. The normalized spacial score (nSPS) is 10.4. The molecule has 0 saturated carbocycles. The smallest absolute Gasteiger partial charge is 0.271 e. The van der Waals surface area contributed by atoms with Crippen molar-refractivity contribution in [2.45, 2.75) is 26.4 Å². The van der Waals surface area contributed by atoms with Crippen molar-refractivity contribution < 1.29 is 10.0 Å². The number of hydrogen-bond acceptors (Lipinski definition) is 7. The maximum atomic E-state index is 10.8. The summed E-state index contributed by atoms with van der Waals surface area (Å²) in [7, 11) is 0. The molecule has 0 bridgehead atoms. The van der Waals surface area contributed by atoms with Crippen LogP contribution in [0.2, 0.25) is 0 Å². The Labute approximate surface area is 138 Å². The first kappa shape index (κ1) is 18.4. The van der Waals surface area contributed by atoms with Crippen LogP contribution in [-0.2, 0) is 6.54 Å². The number of phenolic OH excluding ortho intramolecular Hbond substituents is 1. The van der Waals surface area contributed by atoms with Gasteiger partial charge in [0.2, 0.25) is 0 Å². The van der Waals surface area contributed by atoms with Crippen LogP contribution in [-0.4, -0.2) is 19.8 Å². The minimum Gasteiger partial charge on any atom is -0.506 e. The number of nitro groups is 1. The van der Waals surface area contributed by atoms with E-state index < -0.39 is 4.92 Å². The van der Waals surface area contributed by atoms with Crippen LogP contribution >= 0.6 is 12.4 Å². The van der Waals surface area contributed by atoms with Crippen LogP contribution in [0.3, 0.4) is 0 Å². The van der Waals surface area contributed by atoms with E-state index in [-0.39, 0.29) is 42.1 Å². The Hall–Kier alpha value is -2.68. The number of aromatic hydroxyl groups is 1. The van der Waals surface area contributed by atoms with E-state index in [0.29, 0.717) is 17.2 Å². The van der Waals surface area contributed by atoms with Crippen molar-refractivity contribution in [3.63, 3.8) is 0 Å². The highest BCUT2D eigenvalue weighted by Crippen LogP contribution is 2.29. The van der Waals surface area contributed by atoms with Gasteiger partial charge in [0, 0.05) is 18.2 Å². The number of aromatic nitrogens is 2. The van der Waals surface area contributed by atoms with Gasteiger partial charge >= 0.3 is 0 Å². The summed E-state index contributed by atoms with van der Waals surface area (Å²) in [6, 6.07) is 3.78. The number of nitrogens with two attached hydrogens (primary N) is 2. The molecule has 0 unspecified atom stereocenters. The summed E-state index contributed by atoms with van der Waals surface area (Å²) >= 11 is 0. The zero-order valence-corrected chi connectivity index (χ0v) is 13.5. The molecule has 0 saturated heterocycles. The summed E-state index contributed by atoms with van der Waals surface area (Å²) in [5.74, 6) is 0.274. The maximum absolute atomic E-state index is 10.8. The fourth-order valence-electron chi connectivity index (χ4n) is 1.99. The highest BCUT2D eigenvalue weighted by Gasteiger charge is 2.16. The Bertz CT molecular complexity index is 716. The fraction of sp³-hybridized carbons (Fsp3) is 0.308. The van der Waals surface area contributed by atoms with Crippen LogP contribution in [0.25, 0.3) is 0 Å². The number of hydrogen-bond donors (Lipinski definition) is 4. The summed E-state index contributed by atoms with van der Waals surface area (Å²) in [4.78, 5) is 10.2. The van der Waals surface area contributed by atoms with Gasteiger partial charge in [-0.15, -0.1) is 12.4 Å². The molecule has 1 aromatic carbocycles. The average Bonchev–Trinajstić information content (AvgIpc) is 2.74. The van der Waals surface area contributed by atoms with Crippen molar-refractivity contribution in [1.82, 2.24) is 9.78 Å². The van der Waals surface area contributed by atoms with Gasteiger partial charge in [-0.25, -0.2) is 4.68 Å². The molecule has 2 rings (SSSR count). The second-order valence-corrected chi connectivity index (χ2v) is 5.10. The topological polar surface area (TPSA) is 145 Å². The molecule has 126 valence electrons. The van der Waals surface area contributed by atoms with Gasteiger partial charge < -0.3 is 21.9 Å². The number of rotatable bonds is 5. The van der Waals surface area contributed by atoms with E-state index in [1.54, 1.807) is 4.68 Å². The van der Waals surface area contributed by atoms with Gasteiger partial charge in [0.1, 0.15) is 17.3 Å². The number of nitrogen functional groups attached to an aromatic ring is 2. The lowest BCUT2D eigenvalue weighted by atomic mass is 10.2. The number of anilines is 3. The van der Waals surface area contributed by atoms with Crippen LogP contribution in [0, 0.1) is 10.1 Å². The predicted octanol–water partition coefficient (Wildman–Crippen LogP) is 2.28. The number of phenols is 1. The highest BCUT2D eigenvalue weighted by atomic mass is 35.5. The number of non-ortho nitro benzene ring substituents is 1. The quantitative estimate of drug-likeness (QED) is 0.370. The van der Waals surface area contributed by atoms with Crippen LogP contribution in [0.5, 0.6) is 5.75 Å². The Balaban J connectivity index is 0.00000264. The van der Waals surface area contributed by atoms with E-state index >= 15 is 0 Å². The molecule has 6 N–H and O–H groups in total. The van der Waals surface area contributed by atoms with Gasteiger partial charge in [-0.3, -0.25) is 10.1 Å². The fourth-order valence-corrected chi connectivity index (χ4v) is 1.99. The highest BCUT2D eigenvalue weighted by molar-refractivity contribution is 5.85. The molecule has 0 atom stereocenters. The minimum atomic E-state index is -0.537. The van der Waals surface area contributed by atoms with Crippen molar-refractivity contribution >= 4 is 35.3 Å². The molecule has 2 aromatic rings. The minimum absolute atomic E-state index is 0. The predicted molar refractivity (Wildman–Crippen MR) is 90.8 cm³/mol. The summed E-state index contributed by atoms with van der Waals surface area (Å²) in [5.41, 5.74) is 12.7. The number of nitrogens with zero attached hydrogens (tertiary/aromatic N) is 3. The third-order valence-electron chi connectivity index (χ3n) is 3.19. The van der Waals surface area contributed by atoms with Crippen LogP contribution < -0.4 is 16.8 Å². The lowest BCUT2D eigenvalue weighted by Gasteiger charge is -2.07. The van der Waals surface area contributed by atoms with Gasteiger partial charge in [0.15, 0.2) is 0 Å². The second kappa shape index (κ2) is 7.05. The van der Waals surface area contributed by atoms with E-state index in [0.717, 1.165) is 0 Å². The molecular weight excluding hydrogens is 324 g/mol. The molecule has 9 nitrogen and oxygen atoms in total. The van der Waals surface area contributed by atoms with E-state index in [2.05, 4.69) is 10.4 Å². The second-order valence-electron chi connectivity index (χ2n) is 5.10. The lowest BCUT2D eigenvalue weighted by molar-refractivity contribution is -0.384. The lowest BCUT2D eigenvalue weighted by Crippen LogP contribution is -2.08. The summed E-state index contributed by atoms with van der Waals surface area (Å²) in [5, 5.41) is 27.7. The van der Waals surface area contributed by atoms with Gasteiger partial charge in [-0.1, -0.05) is 0 Å². The molecule has 0 spiro atoms. The molecule has 0 radical (unpaired) electrons. The van der Waals surface area contributed by atoms with Crippen molar-refractivity contribution in [2.24, 2.45) is 0 Å². The van der Waals surface area contributed by atoms with Gasteiger partial charge in [0.25, 0.3) is 5.69 Å². The zero-order chi connectivity index (χ0) is 16.4. The Kier molecular flexibility index (Phi) is 5.63.